The number of carbonyl (C=O) groups is 1. The van der Waals surface area contributed by atoms with Crippen molar-refractivity contribution in [3.8, 4) is 11.8 Å². The minimum Gasteiger partial charge on any atom is -0.493 e. The largest absolute Gasteiger partial charge is 0.493 e. The average Bonchev–Trinajstić information content (AvgIpc) is 2.59. The van der Waals surface area contributed by atoms with E-state index in [0.29, 0.717) is 12.4 Å². The van der Waals surface area contributed by atoms with Gasteiger partial charge in [-0.3, -0.25) is 0 Å². The van der Waals surface area contributed by atoms with E-state index in [1.807, 2.05) is 30.3 Å². The Bertz CT molecular complexity index is 677. The van der Waals surface area contributed by atoms with Crippen LogP contribution >= 0.6 is 0 Å². The third-order valence-corrected chi connectivity index (χ3v) is 3.62. The van der Waals surface area contributed by atoms with Crippen molar-refractivity contribution in [2.45, 2.75) is 25.2 Å². The van der Waals surface area contributed by atoms with Crippen LogP contribution < -0.4 is 4.74 Å². The zero-order chi connectivity index (χ0) is 16.5. The van der Waals surface area contributed by atoms with Gasteiger partial charge in [-0.1, -0.05) is 42.5 Å². The van der Waals surface area contributed by atoms with Crippen LogP contribution in [-0.4, -0.2) is 17.7 Å². The van der Waals surface area contributed by atoms with E-state index < -0.39 is 5.97 Å². The van der Waals surface area contributed by atoms with E-state index in [1.165, 1.54) is 6.07 Å². The molecular weight excluding hydrogens is 290 g/mol. The Balaban J connectivity index is 1.78. The lowest BCUT2D eigenvalue weighted by atomic mass is 9.95. The number of carboxylic acids is 1. The minimum atomic E-state index is -0.991. The number of ether oxygens (including phenoxy) is 1. The molecule has 0 aliphatic carbocycles. The summed E-state index contributed by atoms with van der Waals surface area (Å²) in [5.74, 6) is -0.711. The fourth-order valence-electron chi connectivity index (χ4n) is 2.39. The van der Waals surface area contributed by atoms with Crippen molar-refractivity contribution in [3.63, 3.8) is 0 Å². The van der Waals surface area contributed by atoms with Gasteiger partial charge in [-0.05, 0) is 37.0 Å². The van der Waals surface area contributed by atoms with Gasteiger partial charge in [0.2, 0.25) is 0 Å². The summed E-state index contributed by atoms with van der Waals surface area (Å²) < 4.78 is 5.56. The molecule has 0 aliphatic heterocycles. The molecule has 0 spiro atoms. The van der Waals surface area contributed by atoms with Crippen LogP contribution in [0.3, 0.4) is 0 Å². The first-order valence-corrected chi connectivity index (χ1v) is 7.62. The number of aromatic carboxylic acids is 1. The maximum Gasteiger partial charge on any atom is 0.339 e. The van der Waals surface area contributed by atoms with E-state index in [4.69, 9.17) is 9.84 Å². The monoisotopic (exact) mass is 309 g/mol. The van der Waals surface area contributed by atoms with Gasteiger partial charge in [-0.2, -0.15) is 5.26 Å². The third kappa shape index (κ3) is 4.86. The van der Waals surface area contributed by atoms with Crippen LogP contribution in [0.2, 0.25) is 0 Å². The maximum atomic E-state index is 11.1. The van der Waals surface area contributed by atoms with Gasteiger partial charge in [0.25, 0.3) is 0 Å². The molecule has 0 aromatic heterocycles. The first kappa shape index (κ1) is 16.6. The lowest BCUT2D eigenvalue weighted by Crippen LogP contribution is -2.05. The normalized spacial score (nSPS) is 11.4. The van der Waals surface area contributed by atoms with Gasteiger partial charge in [0.05, 0.1) is 18.6 Å². The second-order valence-electron chi connectivity index (χ2n) is 5.24. The fourth-order valence-corrected chi connectivity index (χ4v) is 2.39. The first-order valence-electron chi connectivity index (χ1n) is 7.62. The third-order valence-electron chi connectivity index (χ3n) is 3.62. The van der Waals surface area contributed by atoms with Crippen molar-refractivity contribution in [2.75, 3.05) is 6.61 Å². The maximum absolute atomic E-state index is 11.1. The van der Waals surface area contributed by atoms with Crippen LogP contribution in [0.25, 0.3) is 0 Å². The van der Waals surface area contributed by atoms with Crippen molar-refractivity contribution < 1.29 is 14.6 Å². The van der Waals surface area contributed by atoms with Crippen LogP contribution in [-0.2, 0) is 0 Å². The van der Waals surface area contributed by atoms with E-state index in [-0.39, 0.29) is 11.5 Å². The van der Waals surface area contributed by atoms with Crippen molar-refractivity contribution in [1.29, 1.82) is 5.26 Å². The molecular formula is C19H19NO3. The number of nitrogens with zero attached hydrogens (tertiary/aromatic N) is 1. The standard InChI is InChI=1S/C19H19NO3/c20-14-16(15-8-2-1-3-9-15)10-6-7-13-23-18-12-5-4-11-17(18)19(21)22/h1-5,8-9,11-12,16H,6-7,10,13H2,(H,21,22). The lowest BCUT2D eigenvalue weighted by molar-refractivity contribution is 0.0692. The summed E-state index contributed by atoms with van der Waals surface area (Å²) in [6.07, 6.45) is 2.39. The van der Waals surface area contributed by atoms with Gasteiger partial charge in [0.15, 0.2) is 0 Å². The Morgan fingerprint density at radius 1 is 1.09 bits per heavy atom. The number of unbranched alkanes of at least 4 members (excludes halogenated alkanes) is 1. The summed E-state index contributed by atoms with van der Waals surface area (Å²) in [5.41, 5.74) is 1.21. The Morgan fingerprint density at radius 2 is 1.78 bits per heavy atom. The topological polar surface area (TPSA) is 70.3 Å². The molecule has 1 unspecified atom stereocenters. The van der Waals surface area contributed by atoms with E-state index in [9.17, 15) is 10.1 Å². The van der Waals surface area contributed by atoms with E-state index in [1.54, 1.807) is 18.2 Å². The number of para-hydroxylation sites is 1. The smallest absolute Gasteiger partial charge is 0.339 e. The second kappa shape index (κ2) is 8.60. The number of nitriles is 1. The van der Waals surface area contributed by atoms with Crippen molar-refractivity contribution >= 4 is 5.97 Å². The zero-order valence-corrected chi connectivity index (χ0v) is 12.8. The Morgan fingerprint density at radius 3 is 2.48 bits per heavy atom. The lowest BCUT2D eigenvalue weighted by Gasteiger charge is -2.11. The van der Waals surface area contributed by atoms with Crippen molar-refractivity contribution in [1.82, 2.24) is 0 Å². The van der Waals surface area contributed by atoms with Crippen LogP contribution in [0, 0.1) is 11.3 Å². The predicted molar refractivity (Wildman–Crippen MR) is 87.5 cm³/mol. The highest BCUT2D eigenvalue weighted by Gasteiger charge is 2.11. The van der Waals surface area contributed by atoms with E-state index >= 15 is 0 Å². The van der Waals surface area contributed by atoms with Crippen molar-refractivity contribution in [2.24, 2.45) is 0 Å². The predicted octanol–water partition coefficient (Wildman–Crippen LogP) is 4.24. The molecule has 0 amide bonds. The Labute approximate surface area is 136 Å². The molecule has 0 aliphatic rings. The molecule has 0 saturated heterocycles. The molecule has 1 atom stereocenters. The molecule has 23 heavy (non-hydrogen) atoms. The Kier molecular flexibility index (Phi) is 6.19. The van der Waals surface area contributed by atoms with E-state index in [2.05, 4.69) is 6.07 Å². The number of carboxylic acid groups (broad SMARTS) is 1. The summed E-state index contributed by atoms with van der Waals surface area (Å²) >= 11 is 0. The van der Waals surface area contributed by atoms with Crippen LogP contribution in [0.15, 0.2) is 54.6 Å². The molecule has 0 bridgehead atoms. The summed E-state index contributed by atoms with van der Waals surface area (Å²) in [6.45, 7) is 0.442. The molecule has 0 radical (unpaired) electrons. The molecule has 0 fully saturated rings. The van der Waals surface area contributed by atoms with Gasteiger partial charge in [-0.15, -0.1) is 0 Å². The molecule has 0 heterocycles. The van der Waals surface area contributed by atoms with Crippen LogP contribution in [0.4, 0.5) is 0 Å². The SMILES string of the molecule is N#CC(CCCCOc1ccccc1C(=O)O)c1ccccc1. The van der Waals surface area contributed by atoms with Gasteiger partial charge in [0.1, 0.15) is 11.3 Å². The minimum absolute atomic E-state index is 0.109. The van der Waals surface area contributed by atoms with Crippen LogP contribution in [0.5, 0.6) is 5.75 Å². The highest BCUT2D eigenvalue weighted by Crippen LogP contribution is 2.22. The molecule has 2 rings (SSSR count). The number of benzene rings is 2. The summed E-state index contributed by atoms with van der Waals surface area (Å²) in [5, 5.41) is 18.3. The van der Waals surface area contributed by atoms with Crippen LogP contribution in [0.1, 0.15) is 41.1 Å². The highest BCUT2D eigenvalue weighted by atomic mass is 16.5. The van der Waals surface area contributed by atoms with Gasteiger partial charge in [0, 0.05) is 0 Å². The molecule has 118 valence electrons. The Hall–Kier alpha value is -2.80. The fraction of sp³-hybridized carbons (Fsp3) is 0.263. The average molecular weight is 309 g/mol. The summed E-state index contributed by atoms with van der Waals surface area (Å²) in [6, 6.07) is 18.7. The number of rotatable bonds is 8. The van der Waals surface area contributed by atoms with Gasteiger partial charge < -0.3 is 9.84 Å². The summed E-state index contributed by atoms with van der Waals surface area (Å²) in [7, 11) is 0. The van der Waals surface area contributed by atoms with E-state index in [0.717, 1.165) is 24.8 Å². The zero-order valence-electron chi connectivity index (χ0n) is 12.8. The molecule has 2 aromatic rings. The second-order valence-corrected chi connectivity index (χ2v) is 5.24. The number of hydrogen-bond acceptors (Lipinski definition) is 3. The highest BCUT2D eigenvalue weighted by molar-refractivity contribution is 5.90. The number of hydrogen-bond donors (Lipinski definition) is 1. The molecule has 1 N–H and O–H groups in total. The van der Waals surface area contributed by atoms with Gasteiger partial charge >= 0.3 is 5.97 Å². The van der Waals surface area contributed by atoms with Crippen molar-refractivity contribution in [3.05, 3.63) is 65.7 Å². The van der Waals surface area contributed by atoms with Gasteiger partial charge in [-0.25, -0.2) is 4.79 Å². The summed E-state index contributed by atoms with van der Waals surface area (Å²) in [4.78, 5) is 11.1. The molecule has 4 nitrogen and oxygen atoms in total. The first-order chi connectivity index (χ1) is 11.2. The molecule has 0 saturated carbocycles. The quantitative estimate of drug-likeness (QED) is 0.740. The molecule has 2 aromatic carbocycles. The molecule has 4 heteroatoms.